The molecule has 0 spiro atoms. The summed E-state index contributed by atoms with van der Waals surface area (Å²) in [4.78, 5) is 37.5. The Kier molecular flexibility index (Phi) is 4.08. The van der Waals surface area contributed by atoms with Crippen molar-refractivity contribution in [2.75, 3.05) is 6.54 Å². The molecule has 5 heteroatoms. The summed E-state index contributed by atoms with van der Waals surface area (Å²) in [5.41, 5.74) is -1.43. The summed E-state index contributed by atoms with van der Waals surface area (Å²) >= 11 is 0. The van der Waals surface area contributed by atoms with Crippen molar-refractivity contribution in [1.82, 2.24) is 10.2 Å². The molecule has 19 heavy (non-hydrogen) atoms. The van der Waals surface area contributed by atoms with E-state index in [1.807, 2.05) is 20.8 Å². The number of amides is 3. The third-order valence-corrected chi connectivity index (χ3v) is 3.88. The molecule has 1 saturated heterocycles. The smallest absolute Gasteiger partial charge is 0.323 e. The van der Waals surface area contributed by atoms with E-state index in [0.29, 0.717) is 6.42 Å². The van der Waals surface area contributed by atoms with Crippen LogP contribution in [0.15, 0.2) is 0 Å². The van der Waals surface area contributed by atoms with E-state index >= 15 is 0 Å². The zero-order valence-corrected chi connectivity index (χ0v) is 12.7. The van der Waals surface area contributed by atoms with Gasteiger partial charge in [0.15, 0.2) is 5.78 Å². The van der Waals surface area contributed by atoms with Gasteiger partial charge in [-0.1, -0.05) is 41.5 Å². The second-order valence-corrected chi connectivity index (χ2v) is 6.47. The summed E-state index contributed by atoms with van der Waals surface area (Å²) in [6.07, 6.45) is 0.523. The van der Waals surface area contributed by atoms with Crippen molar-refractivity contribution in [3.05, 3.63) is 0 Å². The third kappa shape index (κ3) is 2.65. The van der Waals surface area contributed by atoms with E-state index in [1.54, 1.807) is 20.8 Å². The lowest BCUT2D eigenvalue weighted by Crippen LogP contribution is -2.51. The molecule has 0 aliphatic carbocycles. The first kappa shape index (κ1) is 15.7. The number of ketones is 1. The van der Waals surface area contributed by atoms with Crippen molar-refractivity contribution >= 4 is 17.7 Å². The van der Waals surface area contributed by atoms with Gasteiger partial charge in [-0.25, -0.2) is 4.79 Å². The zero-order chi connectivity index (χ0) is 15.0. The fourth-order valence-corrected chi connectivity index (χ4v) is 2.21. The first-order valence-corrected chi connectivity index (χ1v) is 6.73. The van der Waals surface area contributed by atoms with Crippen LogP contribution in [0.4, 0.5) is 4.79 Å². The minimum absolute atomic E-state index is 0.0105. The van der Waals surface area contributed by atoms with Crippen LogP contribution in [-0.2, 0) is 9.59 Å². The molecule has 1 aliphatic heterocycles. The van der Waals surface area contributed by atoms with Gasteiger partial charge in [0, 0.05) is 5.41 Å². The standard InChI is InChI=1S/C14H24N2O3/c1-7-14(9(2)3)11(18)16(12(19)15-14)8-10(17)13(4,5)6/h9H,7-8H2,1-6H3,(H,15,19)/t14-/m0/s1. The first-order valence-electron chi connectivity index (χ1n) is 6.73. The lowest BCUT2D eigenvalue weighted by atomic mass is 9.83. The van der Waals surface area contributed by atoms with E-state index in [0.717, 1.165) is 4.90 Å². The summed E-state index contributed by atoms with van der Waals surface area (Å²) in [7, 11) is 0. The quantitative estimate of drug-likeness (QED) is 0.793. The molecule has 1 N–H and O–H groups in total. The summed E-state index contributed by atoms with van der Waals surface area (Å²) in [5, 5.41) is 2.76. The Morgan fingerprint density at radius 3 is 2.16 bits per heavy atom. The van der Waals surface area contributed by atoms with E-state index in [2.05, 4.69) is 5.32 Å². The summed E-state index contributed by atoms with van der Waals surface area (Å²) in [6, 6.07) is -0.460. The lowest BCUT2D eigenvalue weighted by molar-refractivity contribution is -0.137. The largest absolute Gasteiger partial charge is 0.325 e. The Balaban J connectivity index is 2.98. The van der Waals surface area contributed by atoms with Crippen LogP contribution in [0, 0.1) is 11.3 Å². The van der Waals surface area contributed by atoms with E-state index < -0.39 is 17.0 Å². The number of nitrogens with zero attached hydrogens (tertiary/aromatic N) is 1. The summed E-state index contributed by atoms with van der Waals surface area (Å²) in [5.74, 6) is -0.414. The summed E-state index contributed by atoms with van der Waals surface area (Å²) < 4.78 is 0. The Bertz CT molecular complexity index is 409. The van der Waals surface area contributed by atoms with Crippen molar-refractivity contribution < 1.29 is 14.4 Å². The number of carbonyl (C=O) groups excluding carboxylic acids is 3. The molecule has 0 radical (unpaired) electrons. The van der Waals surface area contributed by atoms with Crippen molar-refractivity contribution in [2.45, 2.75) is 53.5 Å². The normalized spacial score (nSPS) is 24.1. The van der Waals surface area contributed by atoms with Crippen molar-refractivity contribution in [1.29, 1.82) is 0 Å². The maximum absolute atomic E-state index is 12.5. The average Bonchev–Trinajstić information content (AvgIpc) is 2.52. The van der Waals surface area contributed by atoms with E-state index in [1.165, 1.54) is 0 Å². The molecule has 0 aromatic heterocycles. The Morgan fingerprint density at radius 1 is 1.32 bits per heavy atom. The van der Waals surface area contributed by atoms with Gasteiger partial charge in [0.05, 0.1) is 6.54 Å². The van der Waals surface area contributed by atoms with E-state index in [9.17, 15) is 14.4 Å². The van der Waals surface area contributed by atoms with E-state index in [4.69, 9.17) is 0 Å². The molecule has 3 amide bonds. The summed E-state index contributed by atoms with van der Waals surface area (Å²) in [6.45, 7) is 10.9. The van der Waals surface area contributed by atoms with Gasteiger partial charge in [-0.15, -0.1) is 0 Å². The van der Waals surface area contributed by atoms with Crippen LogP contribution in [0.5, 0.6) is 0 Å². The molecule has 1 atom stereocenters. The van der Waals surface area contributed by atoms with Crippen LogP contribution in [0.3, 0.4) is 0 Å². The van der Waals surface area contributed by atoms with E-state index in [-0.39, 0.29) is 24.2 Å². The number of imide groups is 1. The lowest BCUT2D eigenvalue weighted by Gasteiger charge is -2.29. The van der Waals surface area contributed by atoms with Gasteiger partial charge in [0.1, 0.15) is 5.54 Å². The van der Waals surface area contributed by atoms with Crippen LogP contribution in [0.25, 0.3) is 0 Å². The van der Waals surface area contributed by atoms with Crippen molar-refractivity contribution in [2.24, 2.45) is 11.3 Å². The van der Waals surface area contributed by atoms with Crippen LogP contribution < -0.4 is 5.32 Å². The number of hydrogen-bond acceptors (Lipinski definition) is 3. The second-order valence-electron chi connectivity index (χ2n) is 6.47. The minimum atomic E-state index is -0.866. The minimum Gasteiger partial charge on any atom is -0.323 e. The van der Waals surface area contributed by atoms with Gasteiger partial charge < -0.3 is 5.32 Å². The number of Topliss-reactive ketones (excluding diaryl/α,β-unsaturated/α-hetero) is 1. The molecular formula is C14H24N2O3. The Morgan fingerprint density at radius 2 is 1.84 bits per heavy atom. The van der Waals surface area contributed by atoms with Crippen LogP contribution in [0.1, 0.15) is 48.0 Å². The van der Waals surface area contributed by atoms with Crippen molar-refractivity contribution in [3.8, 4) is 0 Å². The van der Waals surface area contributed by atoms with Gasteiger partial charge >= 0.3 is 6.03 Å². The third-order valence-electron chi connectivity index (χ3n) is 3.88. The molecule has 1 fully saturated rings. The highest BCUT2D eigenvalue weighted by molar-refractivity contribution is 6.09. The van der Waals surface area contributed by atoms with Gasteiger partial charge in [-0.2, -0.15) is 0 Å². The average molecular weight is 268 g/mol. The SMILES string of the molecule is CC[C@@]1(C(C)C)NC(=O)N(CC(=O)C(C)(C)C)C1=O. The van der Waals surface area contributed by atoms with Gasteiger partial charge in [-0.05, 0) is 12.3 Å². The van der Waals surface area contributed by atoms with Crippen LogP contribution in [-0.4, -0.2) is 34.7 Å². The van der Waals surface area contributed by atoms with Crippen LogP contribution >= 0.6 is 0 Å². The number of hydrogen-bond donors (Lipinski definition) is 1. The fourth-order valence-electron chi connectivity index (χ4n) is 2.21. The van der Waals surface area contributed by atoms with Gasteiger partial charge in [0.2, 0.25) is 0 Å². The molecule has 108 valence electrons. The maximum Gasteiger partial charge on any atom is 0.325 e. The molecular weight excluding hydrogens is 244 g/mol. The highest BCUT2D eigenvalue weighted by atomic mass is 16.2. The topological polar surface area (TPSA) is 66.5 Å². The Hall–Kier alpha value is -1.39. The van der Waals surface area contributed by atoms with Crippen molar-refractivity contribution in [3.63, 3.8) is 0 Å². The number of carbonyl (C=O) groups is 3. The molecule has 0 aromatic rings. The Labute approximate surface area is 114 Å². The van der Waals surface area contributed by atoms with Gasteiger partial charge in [0.25, 0.3) is 5.91 Å². The van der Waals surface area contributed by atoms with Gasteiger partial charge in [-0.3, -0.25) is 14.5 Å². The first-order chi connectivity index (χ1) is 8.56. The molecule has 1 aliphatic rings. The predicted molar refractivity (Wildman–Crippen MR) is 72.6 cm³/mol. The maximum atomic E-state index is 12.5. The number of rotatable bonds is 4. The fraction of sp³-hybridized carbons (Fsp3) is 0.786. The highest BCUT2D eigenvalue weighted by Crippen LogP contribution is 2.29. The molecule has 0 bridgehead atoms. The molecule has 5 nitrogen and oxygen atoms in total. The monoisotopic (exact) mass is 268 g/mol. The highest BCUT2D eigenvalue weighted by Gasteiger charge is 2.52. The molecule has 0 saturated carbocycles. The zero-order valence-electron chi connectivity index (χ0n) is 12.7. The second kappa shape index (κ2) is 4.94. The van der Waals surface area contributed by atoms with Crippen LogP contribution in [0.2, 0.25) is 0 Å². The molecule has 1 heterocycles. The predicted octanol–water partition coefficient (Wildman–Crippen LogP) is 1.96. The molecule has 0 unspecified atom stereocenters. The number of nitrogens with one attached hydrogen (secondary N) is 1. The molecule has 1 rings (SSSR count). The number of urea groups is 1. The molecule has 0 aromatic carbocycles.